The Kier molecular flexibility index (Phi) is 12.9. The molecule has 3 atom stereocenters. The van der Waals surface area contributed by atoms with E-state index in [0.29, 0.717) is 23.9 Å². The predicted octanol–water partition coefficient (Wildman–Crippen LogP) is 9.77. The fourth-order valence-electron chi connectivity index (χ4n) is 9.21. The summed E-state index contributed by atoms with van der Waals surface area (Å²) in [6.45, 7) is 14.9. The summed E-state index contributed by atoms with van der Waals surface area (Å²) in [7, 11) is -4.43. The van der Waals surface area contributed by atoms with Crippen molar-refractivity contribution < 1.29 is 27.8 Å². The topological polar surface area (TPSA) is 150 Å². The molecule has 2 fully saturated rings. The Morgan fingerprint density at radius 3 is 2.48 bits per heavy atom. The van der Waals surface area contributed by atoms with Gasteiger partial charge in [0.2, 0.25) is 5.88 Å². The molecular weight excluding hydrogens is 860 g/mol. The number of nitrogens with one attached hydrogen (secondary N) is 2. The number of pyridine rings is 2. The first-order valence-electron chi connectivity index (χ1n) is 21.7. The maximum Gasteiger partial charge on any atom is 0.268 e. The average molecular weight is 916 g/mol. The highest BCUT2D eigenvalue weighted by molar-refractivity contribution is 7.90. The van der Waals surface area contributed by atoms with Crippen LogP contribution in [0.5, 0.6) is 17.4 Å². The van der Waals surface area contributed by atoms with Crippen molar-refractivity contribution in [1.29, 1.82) is 0 Å². The van der Waals surface area contributed by atoms with Crippen LogP contribution >= 0.6 is 23.2 Å². The highest BCUT2D eigenvalue weighted by atomic mass is 35.5. The maximum absolute atomic E-state index is 13.9. The van der Waals surface area contributed by atoms with Crippen molar-refractivity contribution in [3.05, 3.63) is 106 Å². The molecule has 8 rings (SSSR count). The summed E-state index contributed by atoms with van der Waals surface area (Å²) in [5.74, 6) is 0.432. The number of carbonyl (C=O) groups excluding carboxylic acids is 1. The van der Waals surface area contributed by atoms with E-state index < -0.39 is 21.5 Å². The lowest BCUT2D eigenvalue weighted by atomic mass is 9.72. The van der Waals surface area contributed by atoms with Gasteiger partial charge in [0.15, 0.2) is 0 Å². The van der Waals surface area contributed by atoms with Crippen molar-refractivity contribution in [2.45, 2.75) is 77.2 Å². The normalized spacial score (nSPS) is 20.9. The van der Waals surface area contributed by atoms with E-state index in [4.69, 9.17) is 32.7 Å². The molecular formula is C48H56Cl2N6O6S. The monoisotopic (exact) mass is 914 g/mol. The van der Waals surface area contributed by atoms with Gasteiger partial charge in [0.05, 0.1) is 30.2 Å². The average Bonchev–Trinajstić information content (AvgIpc) is 3.87. The van der Waals surface area contributed by atoms with Gasteiger partial charge in [-0.25, -0.2) is 23.1 Å². The molecule has 0 bridgehead atoms. The van der Waals surface area contributed by atoms with E-state index in [0.717, 1.165) is 87.1 Å². The number of anilines is 1. The molecule has 0 unspecified atom stereocenters. The van der Waals surface area contributed by atoms with Crippen LogP contribution in [0.15, 0.2) is 89.7 Å². The largest absolute Gasteiger partial charge is 0.476 e. The van der Waals surface area contributed by atoms with Crippen LogP contribution in [0, 0.1) is 23.2 Å². The number of sulfonamides is 1. The minimum atomic E-state index is -4.43. The summed E-state index contributed by atoms with van der Waals surface area (Å²) in [4.78, 5) is 30.1. The zero-order chi connectivity index (χ0) is 44.7. The van der Waals surface area contributed by atoms with Crippen LogP contribution in [-0.2, 0) is 10.0 Å². The molecule has 1 aliphatic heterocycles. The van der Waals surface area contributed by atoms with E-state index in [2.05, 4.69) is 62.4 Å². The molecule has 334 valence electrons. The lowest BCUT2D eigenvalue weighted by Gasteiger charge is -2.39. The molecule has 3 N–H and O–H groups in total. The standard InChI is InChI=1S/C48H56Cl2N6O6S/c1-30-20-35(48(4,5)58)21-34(30)29-61-46-42(50)24-39(27-53-46)63(59,60)54-45(57)40-11-10-37(23-43(40)62-38-22-32-13-15-51-44(32)52-26-38)56-18-16-55(17-19-56)28-33-12-14-47(2,3)25-41(33)31-6-8-36(49)9-7-31/h6-11,13,15,22-24,26-27,30,34-35,58H,12,14,16-21,25,28-29H2,1-5H3,(H,51,52)(H,54,57)/t30-,34+,35+/m0/s1. The second-order valence-electron chi connectivity index (χ2n) is 18.8. The van der Waals surface area contributed by atoms with Gasteiger partial charge in [0, 0.05) is 61.1 Å². The van der Waals surface area contributed by atoms with Crippen molar-refractivity contribution in [3.8, 4) is 17.4 Å². The Bertz CT molecular complexity index is 2620. The number of hydrogen-bond donors (Lipinski definition) is 3. The highest BCUT2D eigenvalue weighted by Crippen LogP contribution is 2.44. The van der Waals surface area contributed by atoms with Crippen LogP contribution in [0.25, 0.3) is 16.6 Å². The second kappa shape index (κ2) is 18.1. The zero-order valence-corrected chi connectivity index (χ0v) is 38.8. The van der Waals surface area contributed by atoms with Gasteiger partial charge in [0.25, 0.3) is 15.9 Å². The molecule has 5 aromatic rings. The number of fused-ring (bicyclic) bond motifs is 1. The number of allylic oxidation sites excluding steroid dienone is 1. The van der Waals surface area contributed by atoms with E-state index in [1.165, 1.54) is 22.8 Å². The molecule has 63 heavy (non-hydrogen) atoms. The quantitative estimate of drug-likeness (QED) is 0.104. The third-order valence-corrected chi connectivity index (χ3v) is 15.0. The number of nitrogens with zero attached hydrogens (tertiary/aromatic N) is 4. The first kappa shape index (κ1) is 44.9. The lowest BCUT2D eigenvalue weighted by Crippen LogP contribution is -2.47. The summed E-state index contributed by atoms with van der Waals surface area (Å²) in [6.07, 6.45) is 9.36. The SMILES string of the molecule is C[C@H]1C[C@@H](C(C)(C)O)C[C@@H]1COc1ncc(S(=O)(=O)NC(=O)c2ccc(N3CCN(CC4=C(c5ccc(Cl)cc5)CC(C)(C)CC4)CC3)cc2Oc2cnc3[nH]ccc3c2)cc1Cl. The number of ether oxygens (including phenoxy) is 2. The van der Waals surface area contributed by atoms with E-state index in [9.17, 15) is 18.3 Å². The number of carbonyl (C=O) groups is 1. The third kappa shape index (κ3) is 10.5. The fourth-order valence-corrected chi connectivity index (χ4v) is 10.6. The number of aromatic nitrogens is 3. The first-order valence-corrected chi connectivity index (χ1v) is 23.9. The number of halogens is 2. The van der Waals surface area contributed by atoms with Crippen molar-refractivity contribution in [2.75, 3.05) is 44.2 Å². The van der Waals surface area contributed by atoms with E-state index >= 15 is 0 Å². The molecule has 1 saturated carbocycles. The van der Waals surface area contributed by atoms with Gasteiger partial charge in [-0.1, -0.05) is 61.7 Å². The minimum absolute atomic E-state index is 0.00227. The van der Waals surface area contributed by atoms with Gasteiger partial charge in [-0.05, 0) is 123 Å². The van der Waals surface area contributed by atoms with Gasteiger partial charge in [-0.15, -0.1) is 0 Å². The van der Waals surface area contributed by atoms with Gasteiger partial charge in [-0.3, -0.25) is 9.69 Å². The van der Waals surface area contributed by atoms with Crippen molar-refractivity contribution in [1.82, 2.24) is 24.6 Å². The van der Waals surface area contributed by atoms with Gasteiger partial charge < -0.3 is 24.5 Å². The minimum Gasteiger partial charge on any atom is -0.476 e. The van der Waals surface area contributed by atoms with Crippen LogP contribution in [0.3, 0.4) is 0 Å². The lowest BCUT2D eigenvalue weighted by molar-refractivity contribution is 0.0167. The molecule has 2 aromatic carbocycles. The molecule has 3 aromatic heterocycles. The molecule has 3 aliphatic rings. The molecule has 1 amide bonds. The van der Waals surface area contributed by atoms with Crippen LogP contribution < -0.4 is 19.1 Å². The summed E-state index contributed by atoms with van der Waals surface area (Å²) in [5, 5.41) is 12.1. The molecule has 2 aliphatic carbocycles. The van der Waals surface area contributed by atoms with Crippen LogP contribution in [0.1, 0.15) is 82.6 Å². The highest BCUT2D eigenvalue weighted by Gasteiger charge is 2.39. The van der Waals surface area contributed by atoms with E-state index in [1.807, 2.05) is 38.1 Å². The summed E-state index contributed by atoms with van der Waals surface area (Å²) in [5.41, 5.74) is 5.14. The number of aliphatic hydroxyl groups is 1. The zero-order valence-electron chi connectivity index (χ0n) is 36.5. The molecule has 1 saturated heterocycles. The molecule has 12 nitrogen and oxygen atoms in total. The fraction of sp³-hybridized carbons (Fsp3) is 0.438. The van der Waals surface area contributed by atoms with E-state index in [1.54, 1.807) is 30.6 Å². The van der Waals surface area contributed by atoms with Crippen molar-refractivity contribution in [2.24, 2.45) is 23.2 Å². The van der Waals surface area contributed by atoms with Crippen molar-refractivity contribution in [3.63, 3.8) is 0 Å². The smallest absolute Gasteiger partial charge is 0.268 e. The Balaban J connectivity index is 0.972. The summed E-state index contributed by atoms with van der Waals surface area (Å²) >= 11 is 12.8. The first-order chi connectivity index (χ1) is 29.9. The number of H-pyrrole nitrogens is 1. The van der Waals surface area contributed by atoms with Gasteiger partial charge in [-0.2, -0.15) is 0 Å². The summed E-state index contributed by atoms with van der Waals surface area (Å²) in [6, 6.07) is 18.3. The summed E-state index contributed by atoms with van der Waals surface area (Å²) < 4.78 is 41.8. The molecule has 15 heteroatoms. The van der Waals surface area contributed by atoms with E-state index in [-0.39, 0.29) is 44.4 Å². The number of rotatable bonds is 13. The van der Waals surface area contributed by atoms with Crippen molar-refractivity contribution >= 4 is 61.4 Å². The number of piperazine rings is 1. The predicted molar refractivity (Wildman–Crippen MR) is 248 cm³/mol. The number of benzene rings is 2. The Morgan fingerprint density at radius 1 is 1.00 bits per heavy atom. The number of hydrogen-bond acceptors (Lipinski definition) is 10. The number of aromatic amines is 1. The molecule has 4 heterocycles. The van der Waals surface area contributed by atoms with Gasteiger partial charge >= 0.3 is 0 Å². The third-order valence-electron chi connectivity index (χ3n) is 13.1. The number of amides is 1. The Morgan fingerprint density at radius 2 is 1.76 bits per heavy atom. The Labute approximate surface area is 380 Å². The van der Waals surface area contributed by atoms with Crippen LogP contribution in [-0.4, -0.2) is 84.2 Å². The maximum atomic E-state index is 13.9. The van der Waals surface area contributed by atoms with Gasteiger partial charge in [0.1, 0.15) is 27.1 Å². The molecule has 0 radical (unpaired) electrons. The molecule has 0 spiro atoms. The van der Waals surface area contributed by atoms with Crippen LogP contribution in [0.2, 0.25) is 10.0 Å². The second-order valence-corrected chi connectivity index (χ2v) is 21.4. The Hall–Kier alpha value is -4.66. The van der Waals surface area contributed by atoms with Crippen LogP contribution in [0.4, 0.5) is 5.69 Å².